The molecule has 0 saturated carbocycles. The van der Waals surface area contributed by atoms with E-state index in [-0.39, 0.29) is 17.0 Å². The molecule has 27 heavy (non-hydrogen) atoms. The second-order valence-corrected chi connectivity index (χ2v) is 7.18. The van der Waals surface area contributed by atoms with E-state index in [0.717, 1.165) is 0 Å². The van der Waals surface area contributed by atoms with Gasteiger partial charge >= 0.3 is 0 Å². The van der Waals surface area contributed by atoms with Crippen LogP contribution in [0.15, 0.2) is 12.4 Å². The molecule has 132 valence electrons. The average molecular weight is 361 g/mol. The summed E-state index contributed by atoms with van der Waals surface area (Å²) in [4.78, 5) is 3.91. The number of aromatic nitrogens is 3. The lowest BCUT2D eigenvalue weighted by Crippen LogP contribution is -2.50. The number of aliphatic hydroxyl groups is 1. The van der Waals surface area contributed by atoms with Crippen molar-refractivity contribution in [1.82, 2.24) is 14.6 Å². The van der Waals surface area contributed by atoms with Crippen LogP contribution in [0.5, 0.6) is 0 Å². The van der Waals surface area contributed by atoms with E-state index in [1.807, 2.05) is 0 Å². The van der Waals surface area contributed by atoms with Crippen LogP contribution in [0.2, 0.25) is 0 Å². The lowest BCUT2D eigenvalue weighted by atomic mass is 9.61. The highest BCUT2D eigenvalue weighted by Gasteiger charge is 2.67. The van der Waals surface area contributed by atoms with Crippen LogP contribution in [0, 0.1) is 11.3 Å². The third-order valence-corrected chi connectivity index (χ3v) is 4.76. The summed E-state index contributed by atoms with van der Waals surface area (Å²) in [7, 11) is 17.4. The first-order chi connectivity index (χ1) is 12.5. The molecular weight excluding hydrogens is 347 g/mol. The molecule has 4 heterocycles. The molecular formula is C15H14B3N5O4. The Kier molecular flexibility index (Phi) is 3.72. The summed E-state index contributed by atoms with van der Waals surface area (Å²) in [5.41, 5.74) is 4.92. The highest BCUT2D eigenvalue weighted by atomic mass is 16.8. The van der Waals surface area contributed by atoms with Crippen molar-refractivity contribution < 1.29 is 19.3 Å². The quantitative estimate of drug-likeness (QED) is 0.574. The lowest BCUT2D eigenvalue weighted by Gasteiger charge is -2.33. The fourth-order valence-corrected chi connectivity index (χ4v) is 3.73. The van der Waals surface area contributed by atoms with E-state index in [9.17, 15) is 10.4 Å². The van der Waals surface area contributed by atoms with Crippen LogP contribution in [0.25, 0.3) is 5.52 Å². The van der Waals surface area contributed by atoms with Gasteiger partial charge in [0.05, 0.1) is 5.69 Å². The minimum atomic E-state index is -2.28. The monoisotopic (exact) mass is 361 g/mol. The Morgan fingerprint density at radius 3 is 2.70 bits per heavy atom. The van der Waals surface area contributed by atoms with E-state index in [1.165, 1.54) is 16.9 Å². The topological polar surface area (TPSA) is 128 Å². The smallest absolute Gasteiger partial charge is 0.225 e. The van der Waals surface area contributed by atoms with Crippen molar-refractivity contribution in [3.63, 3.8) is 0 Å². The number of ether oxygens (including phenoxy) is 3. The molecule has 1 unspecified atom stereocenters. The summed E-state index contributed by atoms with van der Waals surface area (Å²) in [6.45, 7) is 3.34. The van der Waals surface area contributed by atoms with E-state index in [2.05, 4.69) is 16.2 Å². The highest BCUT2D eigenvalue weighted by molar-refractivity contribution is 6.39. The molecule has 6 radical (unpaired) electrons. The van der Waals surface area contributed by atoms with E-state index in [1.54, 1.807) is 13.8 Å². The predicted molar refractivity (Wildman–Crippen MR) is 95.2 cm³/mol. The summed E-state index contributed by atoms with van der Waals surface area (Å²) in [6, 6.07) is 3.59. The zero-order chi connectivity index (χ0) is 19.8. The van der Waals surface area contributed by atoms with Crippen LogP contribution in [-0.4, -0.2) is 72.7 Å². The number of hydrogen-bond donors (Lipinski definition) is 2. The van der Waals surface area contributed by atoms with Gasteiger partial charge in [-0.1, -0.05) is 5.46 Å². The molecule has 2 aliphatic rings. The number of nitriles is 1. The van der Waals surface area contributed by atoms with E-state index >= 15 is 0 Å². The minimum Gasteiger partial charge on any atom is -0.406 e. The SMILES string of the molecule is [B]c1cc([C@]2(C#N)OC(C([B])([B])O)[C@H]3OC(C)(C)O[C@H]32)n2ncnc(N)c12. The molecule has 12 heteroatoms. The van der Waals surface area contributed by atoms with Crippen molar-refractivity contribution in [2.45, 2.75) is 48.9 Å². The molecule has 2 aliphatic heterocycles. The minimum absolute atomic E-state index is 0.131. The zero-order valence-electron chi connectivity index (χ0n) is 14.7. The Balaban J connectivity index is 1.95. The van der Waals surface area contributed by atoms with Gasteiger partial charge in [0, 0.05) is 5.40 Å². The number of rotatable bonds is 2. The summed E-state index contributed by atoms with van der Waals surface area (Å²) in [6.07, 6.45) is -1.91. The Morgan fingerprint density at radius 2 is 2.07 bits per heavy atom. The van der Waals surface area contributed by atoms with Crippen molar-refractivity contribution in [2.24, 2.45) is 0 Å². The van der Waals surface area contributed by atoms with E-state index in [0.29, 0.717) is 5.52 Å². The summed E-state index contributed by atoms with van der Waals surface area (Å²) < 4.78 is 19.0. The van der Waals surface area contributed by atoms with Gasteiger partial charge in [-0.05, 0) is 19.9 Å². The van der Waals surface area contributed by atoms with Crippen molar-refractivity contribution in [3.8, 4) is 6.07 Å². The van der Waals surface area contributed by atoms with E-state index in [4.69, 9.17) is 43.5 Å². The molecule has 0 spiro atoms. The maximum Gasteiger partial charge on any atom is 0.225 e. The molecule has 3 N–H and O–H groups in total. The summed E-state index contributed by atoms with van der Waals surface area (Å²) >= 11 is 0. The Morgan fingerprint density at radius 1 is 1.37 bits per heavy atom. The first-order valence-electron chi connectivity index (χ1n) is 8.13. The average Bonchev–Trinajstić information content (AvgIpc) is 3.15. The van der Waals surface area contributed by atoms with Crippen molar-refractivity contribution in [1.29, 1.82) is 5.26 Å². The zero-order valence-corrected chi connectivity index (χ0v) is 14.7. The third-order valence-electron chi connectivity index (χ3n) is 4.76. The van der Waals surface area contributed by atoms with Gasteiger partial charge in [-0.25, -0.2) is 9.50 Å². The molecule has 4 atom stereocenters. The van der Waals surface area contributed by atoms with Gasteiger partial charge in [-0.2, -0.15) is 10.4 Å². The second kappa shape index (κ2) is 5.48. The van der Waals surface area contributed by atoms with Crippen LogP contribution < -0.4 is 11.2 Å². The molecule has 2 aromatic heterocycles. The summed E-state index contributed by atoms with van der Waals surface area (Å²) in [5.74, 6) is -0.928. The number of nitrogens with zero attached hydrogens (tertiary/aromatic N) is 4. The van der Waals surface area contributed by atoms with Gasteiger partial charge in [-0.15, -0.1) is 0 Å². The fourth-order valence-electron chi connectivity index (χ4n) is 3.73. The molecule has 0 aliphatic carbocycles. The molecule has 2 fully saturated rings. The maximum atomic E-state index is 10.2. The van der Waals surface area contributed by atoms with Crippen molar-refractivity contribution in [3.05, 3.63) is 18.1 Å². The number of nitrogens with two attached hydrogens (primary N) is 1. The van der Waals surface area contributed by atoms with Gasteiger partial charge in [-0.3, -0.25) is 0 Å². The Labute approximate surface area is 159 Å². The van der Waals surface area contributed by atoms with Crippen molar-refractivity contribution in [2.75, 3.05) is 5.73 Å². The Hall–Kier alpha value is -2.06. The molecule has 0 aromatic carbocycles. The molecule has 0 bridgehead atoms. The normalized spacial score (nSPS) is 32.4. The summed E-state index contributed by atoms with van der Waals surface area (Å²) in [5, 5.41) is 22.1. The predicted octanol–water partition coefficient (Wildman–Crippen LogP) is -2.27. The van der Waals surface area contributed by atoms with Gasteiger partial charge in [0.2, 0.25) is 5.60 Å². The van der Waals surface area contributed by atoms with Crippen LogP contribution in [0.1, 0.15) is 19.5 Å². The van der Waals surface area contributed by atoms with Crippen molar-refractivity contribution >= 4 is 40.3 Å². The molecule has 9 nitrogen and oxygen atoms in total. The van der Waals surface area contributed by atoms with Crippen LogP contribution >= 0.6 is 0 Å². The largest absolute Gasteiger partial charge is 0.406 e. The number of anilines is 1. The second-order valence-electron chi connectivity index (χ2n) is 7.18. The number of hydrogen-bond acceptors (Lipinski definition) is 8. The number of fused-ring (bicyclic) bond motifs is 2. The molecule has 2 saturated heterocycles. The van der Waals surface area contributed by atoms with Crippen LogP contribution in [-0.2, 0) is 19.8 Å². The standard InChI is InChI=1S/C15H14B3N5O4/c1-13(2)25-9-10(26-13)14(4-19,27-11(9)15(17,18)24)7-3-6(16)8-12(20)21-5-22-23(7)8/h3,5,9-11,24H,1-2H3,(H2,20,21,22)/t9-,10+,11?,14-/m0/s1. The lowest BCUT2D eigenvalue weighted by molar-refractivity contribution is -0.210. The molecule has 4 rings (SSSR count). The van der Waals surface area contributed by atoms with Crippen LogP contribution in [0.4, 0.5) is 5.82 Å². The first kappa shape index (κ1) is 18.3. The van der Waals surface area contributed by atoms with Crippen LogP contribution in [0.3, 0.4) is 0 Å². The maximum absolute atomic E-state index is 10.2. The highest BCUT2D eigenvalue weighted by Crippen LogP contribution is 2.50. The molecule has 2 aromatic rings. The van der Waals surface area contributed by atoms with E-state index < -0.39 is 35.1 Å². The molecule has 0 amide bonds. The van der Waals surface area contributed by atoms with Gasteiger partial charge in [0.15, 0.2) is 11.6 Å². The first-order valence-corrected chi connectivity index (χ1v) is 8.13. The van der Waals surface area contributed by atoms with Gasteiger partial charge < -0.3 is 25.1 Å². The Bertz CT molecular complexity index is 969. The van der Waals surface area contributed by atoms with Gasteiger partial charge in [0.25, 0.3) is 0 Å². The fraction of sp³-hybridized carbons (Fsp3) is 0.533. The third kappa shape index (κ3) is 2.50. The number of nitrogen functional groups attached to an aromatic ring is 1. The van der Waals surface area contributed by atoms with Gasteiger partial charge in [0.1, 0.15) is 59.8 Å².